The average molecular weight is 345 g/mol. The summed E-state index contributed by atoms with van der Waals surface area (Å²) >= 11 is 0. The van der Waals surface area contributed by atoms with E-state index in [0.29, 0.717) is 13.0 Å². The van der Waals surface area contributed by atoms with E-state index in [0.717, 1.165) is 24.8 Å². The number of benzene rings is 1. The van der Waals surface area contributed by atoms with Crippen molar-refractivity contribution in [1.29, 1.82) is 0 Å². The molecule has 2 aliphatic rings. The minimum absolute atomic E-state index is 0.00297. The van der Waals surface area contributed by atoms with E-state index >= 15 is 0 Å². The van der Waals surface area contributed by atoms with Crippen LogP contribution in [-0.4, -0.2) is 36.0 Å². The molecule has 3 N–H and O–H groups in total. The highest BCUT2D eigenvalue weighted by Gasteiger charge is 2.32. The summed E-state index contributed by atoms with van der Waals surface area (Å²) in [6.45, 7) is 0.534. The van der Waals surface area contributed by atoms with E-state index in [1.807, 2.05) is 30.3 Å². The van der Waals surface area contributed by atoms with Gasteiger partial charge in [0.25, 0.3) is 5.91 Å². The largest absolute Gasteiger partial charge is 0.371 e. The van der Waals surface area contributed by atoms with Crippen LogP contribution in [0.1, 0.15) is 37.7 Å². The Bertz CT molecular complexity index is 634. The molecule has 0 bridgehead atoms. The Labute approximate surface area is 146 Å². The molecule has 7 heteroatoms. The van der Waals surface area contributed by atoms with Gasteiger partial charge in [-0.15, -0.1) is 0 Å². The van der Waals surface area contributed by atoms with Crippen LogP contribution < -0.4 is 16.0 Å². The fourth-order valence-electron chi connectivity index (χ4n) is 3.28. The first-order valence-corrected chi connectivity index (χ1v) is 8.68. The fraction of sp³-hybridized carbons (Fsp3) is 0.500. The van der Waals surface area contributed by atoms with Crippen molar-refractivity contribution < 1.29 is 19.1 Å². The number of amides is 4. The lowest BCUT2D eigenvalue weighted by Crippen LogP contribution is -2.41. The molecule has 1 aliphatic heterocycles. The first-order valence-electron chi connectivity index (χ1n) is 8.68. The van der Waals surface area contributed by atoms with Crippen LogP contribution in [0.2, 0.25) is 0 Å². The number of nitrogens with one attached hydrogen (secondary N) is 3. The normalized spacial score (nSPS) is 25.5. The minimum Gasteiger partial charge on any atom is -0.371 e. The van der Waals surface area contributed by atoms with Crippen LogP contribution in [-0.2, 0) is 20.9 Å². The minimum atomic E-state index is -0.619. The molecule has 3 atom stereocenters. The van der Waals surface area contributed by atoms with E-state index in [4.69, 9.17) is 4.74 Å². The van der Waals surface area contributed by atoms with Crippen molar-refractivity contribution in [2.75, 3.05) is 0 Å². The van der Waals surface area contributed by atoms with Gasteiger partial charge in [-0.2, -0.15) is 0 Å². The molecule has 1 heterocycles. The molecule has 1 aromatic rings. The molecule has 134 valence electrons. The van der Waals surface area contributed by atoms with Crippen LogP contribution >= 0.6 is 0 Å². The zero-order valence-electron chi connectivity index (χ0n) is 14.0. The van der Waals surface area contributed by atoms with Crippen LogP contribution in [0, 0.1) is 0 Å². The molecule has 0 unspecified atom stereocenters. The van der Waals surface area contributed by atoms with Crippen molar-refractivity contribution in [3.8, 4) is 0 Å². The summed E-state index contributed by atoms with van der Waals surface area (Å²) in [6, 6.07) is 8.84. The van der Waals surface area contributed by atoms with Crippen LogP contribution in [0.15, 0.2) is 30.3 Å². The van der Waals surface area contributed by atoms with Crippen molar-refractivity contribution in [2.24, 2.45) is 0 Å². The third-order valence-electron chi connectivity index (χ3n) is 4.62. The maximum Gasteiger partial charge on any atom is 0.322 e. The van der Waals surface area contributed by atoms with Gasteiger partial charge in [0.05, 0.1) is 18.8 Å². The Morgan fingerprint density at radius 1 is 1.20 bits per heavy atom. The number of imide groups is 1. The standard InChI is InChI=1S/C18H23N3O4/c22-16(10-9-14-17(23)21-18(24)20-14)19-13-7-4-8-15(13)25-11-12-5-2-1-3-6-12/h1-3,5-6,13-15H,4,7-11H2,(H,19,22)(H2,20,21,23,24)/t13-,14+,15-/m1/s1. The highest BCUT2D eigenvalue weighted by Crippen LogP contribution is 2.23. The molecule has 1 saturated heterocycles. The first kappa shape index (κ1) is 17.4. The van der Waals surface area contributed by atoms with Gasteiger partial charge in [-0.3, -0.25) is 14.9 Å². The van der Waals surface area contributed by atoms with Gasteiger partial charge in [0, 0.05) is 6.42 Å². The Morgan fingerprint density at radius 2 is 2.00 bits per heavy atom. The second-order valence-corrected chi connectivity index (χ2v) is 6.49. The predicted octanol–water partition coefficient (Wildman–Crippen LogP) is 1.23. The third-order valence-corrected chi connectivity index (χ3v) is 4.62. The average Bonchev–Trinajstić information content (AvgIpc) is 3.17. The number of carbonyl (C=O) groups excluding carboxylic acids is 3. The van der Waals surface area contributed by atoms with Crippen molar-refractivity contribution in [2.45, 2.75) is 56.9 Å². The van der Waals surface area contributed by atoms with Crippen LogP contribution in [0.5, 0.6) is 0 Å². The van der Waals surface area contributed by atoms with Crippen molar-refractivity contribution in [3.63, 3.8) is 0 Å². The molecular formula is C18H23N3O4. The van der Waals surface area contributed by atoms with Gasteiger partial charge in [0.1, 0.15) is 6.04 Å². The third kappa shape index (κ3) is 4.79. The predicted molar refractivity (Wildman–Crippen MR) is 90.5 cm³/mol. The summed E-state index contributed by atoms with van der Waals surface area (Å²) in [5, 5.41) is 7.66. The number of rotatable bonds is 7. The molecule has 25 heavy (non-hydrogen) atoms. The molecule has 0 aromatic heterocycles. The molecule has 1 saturated carbocycles. The number of ether oxygens (including phenoxy) is 1. The van der Waals surface area contributed by atoms with E-state index in [2.05, 4.69) is 16.0 Å². The molecule has 1 aromatic carbocycles. The topological polar surface area (TPSA) is 96.5 Å². The van der Waals surface area contributed by atoms with Gasteiger partial charge in [-0.1, -0.05) is 30.3 Å². The lowest BCUT2D eigenvalue weighted by Gasteiger charge is -2.22. The zero-order valence-corrected chi connectivity index (χ0v) is 14.0. The van der Waals surface area contributed by atoms with E-state index in [1.165, 1.54) is 0 Å². The van der Waals surface area contributed by atoms with Crippen molar-refractivity contribution in [1.82, 2.24) is 16.0 Å². The lowest BCUT2D eigenvalue weighted by molar-refractivity contribution is -0.123. The first-order chi connectivity index (χ1) is 12.1. The number of hydrogen-bond donors (Lipinski definition) is 3. The van der Waals surface area contributed by atoms with Crippen molar-refractivity contribution >= 4 is 17.8 Å². The Kier molecular flexibility index (Phi) is 5.65. The summed E-state index contributed by atoms with van der Waals surface area (Å²) < 4.78 is 5.98. The molecule has 3 rings (SSSR count). The molecule has 0 spiro atoms. The number of carbonyl (C=O) groups is 3. The van der Waals surface area contributed by atoms with E-state index in [-0.39, 0.29) is 30.4 Å². The highest BCUT2D eigenvalue weighted by molar-refractivity contribution is 6.04. The van der Waals surface area contributed by atoms with E-state index in [1.54, 1.807) is 0 Å². The quantitative estimate of drug-likeness (QED) is 0.648. The van der Waals surface area contributed by atoms with Gasteiger partial charge in [-0.05, 0) is 31.2 Å². The second-order valence-electron chi connectivity index (χ2n) is 6.49. The Hall–Kier alpha value is -2.41. The van der Waals surface area contributed by atoms with E-state index in [9.17, 15) is 14.4 Å². The van der Waals surface area contributed by atoms with Crippen LogP contribution in [0.25, 0.3) is 0 Å². The van der Waals surface area contributed by atoms with E-state index < -0.39 is 12.1 Å². The second kappa shape index (κ2) is 8.11. The zero-order chi connectivity index (χ0) is 17.6. The van der Waals surface area contributed by atoms with Gasteiger partial charge < -0.3 is 15.4 Å². The Morgan fingerprint density at radius 3 is 2.72 bits per heavy atom. The van der Waals surface area contributed by atoms with Crippen LogP contribution in [0.3, 0.4) is 0 Å². The van der Waals surface area contributed by atoms with Crippen molar-refractivity contribution in [3.05, 3.63) is 35.9 Å². The summed E-state index contributed by atoms with van der Waals surface area (Å²) in [4.78, 5) is 34.7. The molecule has 7 nitrogen and oxygen atoms in total. The molecule has 2 fully saturated rings. The Balaban J connectivity index is 1.42. The maximum absolute atomic E-state index is 12.2. The SMILES string of the molecule is O=C(CC[C@@H]1NC(=O)NC1=O)N[C@@H]1CCC[C@H]1OCc1ccccc1. The van der Waals surface area contributed by atoms with Gasteiger partial charge >= 0.3 is 6.03 Å². The summed E-state index contributed by atoms with van der Waals surface area (Å²) in [5.74, 6) is -0.489. The monoisotopic (exact) mass is 345 g/mol. The van der Waals surface area contributed by atoms with Gasteiger partial charge in [-0.25, -0.2) is 4.79 Å². The molecular weight excluding hydrogens is 322 g/mol. The van der Waals surface area contributed by atoms with Gasteiger partial charge in [0.2, 0.25) is 5.91 Å². The van der Waals surface area contributed by atoms with Gasteiger partial charge in [0.15, 0.2) is 0 Å². The smallest absolute Gasteiger partial charge is 0.322 e. The number of hydrogen-bond acceptors (Lipinski definition) is 4. The summed E-state index contributed by atoms with van der Waals surface area (Å²) in [5.41, 5.74) is 1.11. The highest BCUT2D eigenvalue weighted by atomic mass is 16.5. The number of urea groups is 1. The maximum atomic E-state index is 12.2. The molecule has 1 aliphatic carbocycles. The molecule has 4 amide bonds. The fourth-order valence-corrected chi connectivity index (χ4v) is 3.28. The lowest BCUT2D eigenvalue weighted by atomic mass is 10.1. The van der Waals surface area contributed by atoms with Crippen LogP contribution in [0.4, 0.5) is 4.79 Å². The summed E-state index contributed by atoms with van der Waals surface area (Å²) in [6.07, 6.45) is 3.35. The summed E-state index contributed by atoms with van der Waals surface area (Å²) in [7, 11) is 0. The molecule has 0 radical (unpaired) electrons.